The number of benzene rings is 1. The highest BCUT2D eigenvalue weighted by atomic mass is 16.6. The number of amides is 3. The number of aryl methyl sites for hydroxylation is 2. The van der Waals surface area contributed by atoms with Gasteiger partial charge in [0.2, 0.25) is 11.8 Å². The topological polar surface area (TPSA) is 87.7 Å². The lowest BCUT2D eigenvalue weighted by atomic mass is 9.92. The van der Waals surface area contributed by atoms with Crippen molar-refractivity contribution in [3.8, 4) is 0 Å². The highest BCUT2D eigenvalue weighted by Gasteiger charge is 2.37. The van der Waals surface area contributed by atoms with Crippen molar-refractivity contribution in [1.29, 1.82) is 0 Å². The van der Waals surface area contributed by atoms with Crippen LogP contribution in [-0.2, 0) is 14.3 Å². The van der Waals surface area contributed by atoms with Crippen LogP contribution in [0, 0.1) is 19.8 Å². The summed E-state index contributed by atoms with van der Waals surface area (Å²) in [6, 6.07) is 4.63. The van der Waals surface area contributed by atoms with Crippen molar-refractivity contribution in [2.45, 2.75) is 150 Å². The van der Waals surface area contributed by atoms with Gasteiger partial charge in [-0.3, -0.25) is 9.59 Å². The van der Waals surface area contributed by atoms with E-state index in [4.69, 9.17) is 4.74 Å². The quantitative estimate of drug-likeness (QED) is 0.226. The van der Waals surface area contributed by atoms with Gasteiger partial charge in [-0.1, -0.05) is 89.5 Å². The van der Waals surface area contributed by atoms with Crippen molar-refractivity contribution < 1.29 is 19.1 Å². The van der Waals surface area contributed by atoms with Crippen molar-refractivity contribution in [3.05, 3.63) is 34.9 Å². The molecular formula is C34H57N3O4. The predicted molar refractivity (Wildman–Crippen MR) is 167 cm³/mol. The molecule has 0 aromatic heterocycles. The number of hydrogen-bond donors (Lipinski definition) is 2. The number of alkyl carbamates (subject to hydrolysis) is 1. The molecule has 0 bridgehead atoms. The molecule has 1 saturated carbocycles. The molecule has 2 N–H and O–H groups in total. The number of unbranched alkanes of at least 4 members (excludes halogenated alkanes) is 4. The molecule has 0 heterocycles. The number of nitrogens with one attached hydrogen (secondary N) is 2. The maximum atomic E-state index is 14.5. The van der Waals surface area contributed by atoms with E-state index >= 15 is 0 Å². The van der Waals surface area contributed by atoms with Crippen LogP contribution in [0.5, 0.6) is 0 Å². The molecule has 0 spiro atoms. The molecule has 0 radical (unpaired) electrons. The Labute approximate surface area is 249 Å². The van der Waals surface area contributed by atoms with Crippen LogP contribution in [0.2, 0.25) is 0 Å². The summed E-state index contributed by atoms with van der Waals surface area (Å²) in [5, 5.41) is 6.17. The van der Waals surface area contributed by atoms with Gasteiger partial charge in [0.25, 0.3) is 0 Å². The van der Waals surface area contributed by atoms with Crippen molar-refractivity contribution >= 4 is 17.9 Å². The summed E-state index contributed by atoms with van der Waals surface area (Å²) in [6.07, 6.45) is 10.3. The molecule has 3 amide bonds. The molecule has 1 aliphatic carbocycles. The van der Waals surface area contributed by atoms with Gasteiger partial charge in [0.15, 0.2) is 0 Å². The summed E-state index contributed by atoms with van der Waals surface area (Å²) in [5.41, 5.74) is 2.25. The number of carbonyl (C=O) groups is 3. The first-order valence-corrected chi connectivity index (χ1v) is 16.0. The molecule has 7 heteroatoms. The molecule has 0 saturated heterocycles. The van der Waals surface area contributed by atoms with Crippen LogP contribution in [0.25, 0.3) is 0 Å². The van der Waals surface area contributed by atoms with E-state index in [-0.39, 0.29) is 23.8 Å². The number of nitrogens with zero attached hydrogens (tertiary/aromatic N) is 1. The fraction of sp³-hybridized carbons (Fsp3) is 0.735. The Morgan fingerprint density at radius 2 is 1.66 bits per heavy atom. The second kappa shape index (κ2) is 16.8. The minimum Gasteiger partial charge on any atom is -0.444 e. The van der Waals surface area contributed by atoms with Crippen molar-refractivity contribution in [2.24, 2.45) is 5.92 Å². The van der Waals surface area contributed by atoms with Crippen LogP contribution < -0.4 is 10.6 Å². The minimum atomic E-state index is -0.795. The Kier molecular flexibility index (Phi) is 14.2. The second-order valence-corrected chi connectivity index (χ2v) is 13.4. The Morgan fingerprint density at radius 1 is 1.00 bits per heavy atom. The Morgan fingerprint density at radius 3 is 2.24 bits per heavy atom. The average Bonchev–Trinajstić information content (AvgIpc) is 2.87. The van der Waals surface area contributed by atoms with E-state index in [0.29, 0.717) is 13.0 Å². The van der Waals surface area contributed by atoms with Gasteiger partial charge in [-0.15, -0.1) is 0 Å². The molecule has 1 aromatic rings. The van der Waals surface area contributed by atoms with Gasteiger partial charge in [0.1, 0.15) is 17.7 Å². The fourth-order valence-electron chi connectivity index (χ4n) is 5.71. The highest BCUT2D eigenvalue weighted by Crippen LogP contribution is 2.29. The molecule has 0 aliphatic heterocycles. The maximum Gasteiger partial charge on any atom is 0.408 e. The highest BCUT2D eigenvalue weighted by molar-refractivity contribution is 5.92. The largest absolute Gasteiger partial charge is 0.444 e. The fourth-order valence-corrected chi connectivity index (χ4v) is 5.71. The lowest BCUT2D eigenvalue weighted by Gasteiger charge is -2.36. The SMILES string of the molecule is CCCCCCCN(C(=O)C(CC(C)C)NC(=O)OC(C)(C)C)C(C(=O)NC1CCCCC1)c1ccc(C)cc1C. The van der Waals surface area contributed by atoms with Crippen LogP contribution in [0.3, 0.4) is 0 Å². The molecule has 41 heavy (non-hydrogen) atoms. The van der Waals surface area contributed by atoms with E-state index in [1.165, 1.54) is 6.42 Å². The zero-order valence-corrected chi connectivity index (χ0v) is 27.1. The number of ether oxygens (including phenoxy) is 1. The van der Waals surface area contributed by atoms with Crippen LogP contribution in [0.15, 0.2) is 18.2 Å². The van der Waals surface area contributed by atoms with Crippen molar-refractivity contribution in [1.82, 2.24) is 15.5 Å². The van der Waals surface area contributed by atoms with Gasteiger partial charge in [0, 0.05) is 12.6 Å². The number of hydrogen-bond acceptors (Lipinski definition) is 4. The van der Waals surface area contributed by atoms with Gasteiger partial charge >= 0.3 is 6.09 Å². The van der Waals surface area contributed by atoms with Crippen LogP contribution in [0.1, 0.15) is 135 Å². The van der Waals surface area contributed by atoms with Gasteiger partial charge in [0.05, 0.1) is 0 Å². The third kappa shape index (κ3) is 12.1. The standard InChI is InChI=1S/C34H57N3O4/c1-9-10-11-12-16-21-37(32(39)29(22-24(2)3)36-33(40)41-34(6,7)8)30(28-20-19-25(4)23-26(28)5)31(38)35-27-17-14-13-15-18-27/h19-20,23-24,27,29-30H,9-18,21-22H2,1-8H3,(H,35,38)(H,36,40). The molecule has 2 rings (SSSR count). The lowest BCUT2D eigenvalue weighted by molar-refractivity contribution is -0.143. The molecule has 7 nitrogen and oxygen atoms in total. The summed E-state index contributed by atoms with van der Waals surface area (Å²) in [4.78, 5) is 43.2. The molecule has 2 atom stereocenters. The van der Waals surface area contributed by atoms with Crippen LogP contribution >= 0.6 is 0 Å². The summed E-state index contributed by atoms with van der Waals surface area (Å²) in [6.45, 7) is 16.2. The number of carbonyl (C=O) groups excluding carboxylic acids is 3. The van der Waals surface area contributed by atoms with E-state index in [0.717, 1.165) is 74.5 Å². The smallest absolute Gasteiger partial charge is 0.408 e. The van der Waals surface area contributed by atoms with E-state index < -0.39 is 23.8 Å². The molecule has 1 aromatic carbocycles. The molecule has 1 aliphatic rings. The van der Waals surface area contributed by atoms with Gasteiger partial charge in [-0.05, 0) is 77.3 Å². The summed E-state index contributed by atoms with van der Waals surface area (Å²) < 4.78 is 5.53. The third-order valence-corrected chi connectivity index (χ3v) is 7.71. The van der Waals surface area contributed by atoms with Crippen LogP contribution in [-0.4, -0.2) is 47.0 Å². The zero-order chi connectivity index (χ0) is 30.6. The van der Waals surface area contributed by atoms with E-state index in [2.05, 4.69) is 23.6 Å². The number of rotatable bonds is 14. The lowest BCUT2D eigenvalue weighted by Crippen LogP contribution is -2.54. The monoisotopic (exact) mass is 571 g/mol. The van der Waals surface area contributed by atoms with E-state index in [1.54, 1.807) is 25.7 Å². The first-order valence-electron chi connectivity index (χ1n) is 16.0. The molecule has 1 fully saturated rings. The van der Waals surface area contributed by atoms with Crippen LogP contribution in [0.4, 0.5) is 4.79 Å². The normalized spacial score (nSPS) is 15.7. The zero-order valence-electron chi connectivity index (χ0n) is 27.1. The van der Waals surface area contributed by atoms with Crippen molar-refractivity contribution in [3.63, 3.8) is 0 Å². The Bertz CT molecular complexity index is 979. The van der Waals surface area contributed by atoms with E-state index in [9.17, 15) is 14.4 Å². The summed E-state index contributed by atoms with van der Waals surface area (Å²) >= 11 is 0. The summed E-state index contributed by atoms with van der Waals surface area (Å²) in [7, 11) is 0. The second-order valence-electron chi connectivity index (χ2n) is 13.4. The minimum absolute atomic E-state index is 0.123. The maximum absolute atomic E-state index is 14.5. The van der Waals surface area contributed by atoms with Gasteiger partial charge in [-0.2, -0.15) is 0 Å². The summed E-state index contributed by atoms with van der Waals surface area (Å²) in [5.74, 6) is -0.212. The Balaban J connectivity index is 2.50. The van der Waals surface area contributed by atoms with Crippen molar-refractivity contribution in [2.75, 3.05) is 6.54 Å². The molecular weight excluding hydrogens is 514 g/mol. The molecule has 2 unspecified atom stereocenters. The predicted octanol–water partition coefficient (Wildman–Crippen LogP) is 7.53. The van der Waals surface area contributed by atoms with Gasteiger partial charge < -0.3 is 20.3 Å². The third-order valence-electron chi connectivity index (χ3n) is 7.71. The Hall–Kier alpha value is -2.57. The molecule has 232 valence electrons. The first kappa shape index (κ1) is 34.6. The average molecular weight is 572 g/mol. The van der Waals surface area contributed by atoms with Gasteiger partial charge in [-0.25, -0.2) is 4.79 Å². The van der Waals surface area contributed by atoms with E-state index in [1.807, 2.05) is 39.8 Å². The first-order chi connectivity index (χ1) is 19.3.